The number of carboxylic acid groups (broad SMARTS) is 1. The second-order valence-corrected chi connectivity index (χ2v) is 6.10. The van der Waals surface area contributed by atoms with Crippen LogP contribution in [-0.4, -0.2) is 47.3 Å². The SMILES string of the molecule is CSc1cccc(NC(=O)C(C)N2CCC(C(=O)O)C2)c1.Cl. The first-order chi connectivity index (χ1) is 10.0. The zero-order valence-electron chi connectivity index (χ0n) is 12.6. The minimum Gasteiger partial charge on any atom is -0.481 e. The van der Waals surface area contributed by atoms with Gasteiger partial charge in [-0.3, -0.25) is 14.5 Å². The highest BCUT2D eigenvalue weighted by atomic mass is 35.5. The largest absolute Gasteiger partial charge is 0.481 e. The molecule has 0 aliphatic carbocycles. The molecule has 2 rings (SSSR count). The van der Waals surface area contributed by atoms with E-state index in [9.17, 15) is 9.59 Å². The first kappa shape index (κ1) is 18.8. The van der Waals surface area contributed by atoms with Crippen LogP contribution in [0.2, 0.25) is 0 Å². The van der Waals surface area contributed by atoms with Gasteiger partial charge in [0.2, 0.25) is 5.91 Å². The molecule has 0 saturated carbocycles. The first-order valence-corrected chi connectivity index (χ1v) is 8.15. The number of carboxylic acids is 1. The van der Waals surface area contributed by atoms with Crippen LogP contribution in [0.1, 0.15) is 13.3 Å². The summed E-state index contributed by atoms with van der Waals surface area (Å²) in [5.74, 6) is -1.24. The topological polar surface area (TPSA) is 69.6 Å². The lowest BCUT2D eigenvalue weighted by molar-refractivity contribution is -0.141. The zero-order valence-corrected chi connectivity index (χ0v) is 14.2. The molecule has 1 fully saturated rings. The number of aliphatic carboxylic acids is 1. The highest BCUT2D eigenvalue weighted by molar-refractivity contribution is 7.98. The summed E-state index contributed by atoms with van der Waals surface area (Å²) in [6, 6.07) is 7.35. The Kier molecular flexibility index (Phi) is 7.19. The van der Waals surface area contributed by atoms with E-state index >= 15 is 0 Å². The summed E-state index contributed by atoms with van der Waals surface area (Å²) in [4.78, 5) is 26.3. The van der Waals surface area contributed by atoms with Crippen molar-refractivity contribution in [2.75, 3.05) is 24.7 Å². The average Bonchev–Trinajstić information content (AvgIpc) is 2.96. The van der Waals surface area contributed by atoms with E-state index in [1.54, 1.807) is 11.8 Å². The van der Waals surface area contributed by atoms with Gasteiger partial charge in [-0.05, 0) is 44.3 Å². The second-order valence-electron chi connectivity index (χ2n) is 5.22. The number of halogens is 1. The van der Waals surface area contributed by atoms with E-state index in [0.717, 1.165) is 10.6 Å². The number of thioether (sulfide) groups is 1. The molecule has 22 heavy (non-hydrogen) atoms. The zero-order chi connectivity index (χ0) is 15.4. The number of rotatable bonds is 5. The van der Waals surface area contributed by atoms with Crippen LogP contribution in [0.25, 0.3) is 0 Å². The molecule has 1 aliphatic rings. The molecule has 7 heteroatoms. The molecule has 1 aliphatic heterocycles. The number of anilines is 1. The molecule has 0 bridgehead atoms. The van der Waals surface area contributed by atoms with Gasteiger partial charge in [-0.25, -0.2) is 0 Å². The minimum atomic E-state index is -0.780. The molecule has 1 aromatic rings. The Morgan fingerprint density at radius 3 is 2.77 bits per heavy atom. The Morgan fingerprint density at radius 1 is 1.45 bits per heavy atom. The Hall–Kier alpha value is -1.24. The molecule has 2 atom stereocenters. The number of nitrogens with zero attached hydrogens (tertiary/aromatic N) is 1. The van der Waals surface area contributed by atoms with Crippen molar-refractivity contribution in [3.8, 4) is 0 Å². The van der Waals surface area contributed by atoms with Crippen LogP contribution >= 0.6 is 24.2 Å². The standard InChI is InChI=1S/C15H20N2O3S.ClH/c1-10(17-7-6-11(9-17)15(19)20)14(18)16-12-4-3-5-13(8-12)21-2;/h3-5,8,10-11H,6-7,9H2,1-2H3,(H,16,18)(H,19,20);1H. The van der Waals surface area contributed by atoms with Crippen LogP contribution < -0.4 is 5.32 Å². The number of hydrogen-bond donors (Lipinski definition) is 2. The minimum absolute atomic E-state index is 0. The molecular formula is C15H21ClN2O3S. The summed E-state index contributed by atoms with van der Waals surface area (Å²) in [5, 5.41) is 11.9. The Morgan fingerprint density at radius 2 is 2.18 bits per heavy atom. The highest BCUT2D eigenvalue weighted by Crippen LogP contribution is 2.21. The highest BCUT2D eigenvalue weighted by Gasteiger charge is 2.33. The van der Waals surface area contributed by atoms with Gasteiger partial charge < -0.3 is 10.4 Å². The lowest BCUT2D eigenvalue weighted by Crippen LogP contribution is -2.41. The van der Waals surface area contributed by atoms with Gasteiger partial charge in [-0.15, -0.1) is 24.2 Å². The van der Waals surface area contributed by atoms with E-state index in [1.807, 2.05) is 42.3 Å². The van der Waals surface area contributed by atoms with Gasteiger partial charge in [-0.2, -0.15) is 0 Å². The van der Waals surface area contributed by atoms with Gasteiger partial charge in [0.05, 0.1) is 12.0 Å². The molecule has 1 heterocycles. The van der Waals surface area contributed by atoms with Gasteiger partial charge in [-0.1, -0.05) is 6.07 Å². The number of carbonyl (C=O) groups is 2. The maximum absolute atomic E-state index is 12.3. The van der Waals surface area contributed by atoms with E-state index in [0.29, 0.717) is 19.5 Å². The van der Waals surface area contributed by atoms with E-state index in [2.05, 4.69) is 5.32 Å². The summed E-state index contributed by atoms with van der Waals surface area (Å²) in [6.45, 7) is 2.91. The van der Waals surface area contributed by atoms with E-state index < -0.39 is 5.97 Å². The maximum Gasteiger partial charge on any atom is 0.307 e. The monoisotopic (exact) mass is 344 g/mol. The Bertz CT molecular complexity index is 541. The number of benzene rings is 1. The molecule has 5 nitrogen and oxygen atoms in total. The van der Waals surface area contributed by atoms with E-state index in [-0.39, 0.29) is 30.3 Å². The molecular weight excluding hydrogens is 324 g/mol. The van der Waals surface area contributed by atoms with Crippen LogP contribution in [0.5, 0.6) is 0 Å². The Balaban J connectivity index is 0.00000242. The van der Waals surface area contributed by atoms with Crippen LogP contribution in [0.4, 0.5) is 5.69 Å². The van der Waals surface area contributed by atoms with Crippen molar-refractivity contribution >= 4 is 41.7 Å². The van der Waals surface area contributed by atoms with Crippen molar-refractivity contribution < 1.29 is 14.7 Å². The fourth-order valence-electron chi connectivity index (χ4n) is 2.45. The molecule has 122 valence electrons. The van der Waals surface area contributed by atoms with E-state index in [1.165, 1.54) is 0 Å². The third-order valence-corrected chi connectivity index (χ3v) is 4.56. The number of nitrogens with one attached hydrogen (secondary N) is 1. The second kappa shape index (κ2) is 8.41. The summed E-state index contributed by atoms with van der Waals surface area (Å²) in [6.07, 6.45) is 2.59. The molecule has 0 aromatic heterocycles. The quantitative estimate of drug-likeness (QED) is 0.803. The summed E-state index contributed by atoms with van der Waals surface area (Å²) in [7, 11) is 0. The third-order valence-electron chi connectivity index (χ3n) is 3.83. The third kappa shape index (κ3) is 4.63. The van der Waals surface area contributed by atoms with Crippen molar-refractivity contribution in [3.63, 3.8) is 0 Å². The number of likely N-dealkylation sites (tertiary alicyclic amines) is 1. The number of amides is 1. The molecule has 2 unspecified atom stereocenters. The van der Waals surface area contributed by atoms with Crippen molar-refractivity contribution in [2.45, 2.75) is 24.3 Å². The van der Waals surface area contributed by atoms with Gasteiger partial charge in [0.1, 0.15) is 0 Å². The normalized spacial score (nSPS) is 19.3. The van der Waals surface area contributed by atoms with Crippen molar-refractivity contribution in [3.05, 3.63) is 24.3 Å². The van der Waals surface area contributed by atoms with Gasteiger partial charge in [0.15, 0.2) is 0 Å². The molecule has 1 saturated heterocycles. The summed E-state index contributed by atoms with van der Waals surface area (Å²) < 4.78 is 0. The fourth-order valence-corrected chi connectivity index (χ4v) is 2.91. The van der Waals surface area contributed by atoms with Crippen molar-refractivity contribution in [1.82, 2.24) is 4.90 Å². The van der Waals surface area contributed by atoms with Gasteiger partial charge in [0.25, 0.3) is 0 Å². The molecule has 1 aromatic carbocycles. The van der Waals surface area contributed by atoms with Gasteiger partial charge >= 0.3 is 5.97 Å². The lowest BCUT2D eigenvalue weighted by atomic mass is 10.1. The maximum atomic E-state index is 12.3. The molecule has 0 spiro atoms. The molecule has 2 N–H and O–H groups in total. The van der Waals surface area contributed by atoms with Crippen LogP contribution in [-0.2, 0) is 9.59 Å². The average molecular weight is 345 g/mol. The number of hydrogen-bond acceptors (Lipinski definition) is 4. The molecule has 0 radical (unpaired) electrons. The van der Waals surface area contributed by atoms with E-state index in [4.69, 9.17) is 5.11 Å². The summed E-state index contributed by atoms with van der Waals surface area (Å²) in [5.41, 5.74) is 0.771. The predicted octanol–water partition coefficient (Wildman–Crippen LogP) is 2.56. The molecule has 1 amide bonds. The lowest BCUT2D eigenvalue weighted by Gasteiger charge is -2.23. The first-order valence-electron chi connectivity index (χ1n) is 6.93. The van der Waals surface area contributed by atoms with Crippen LogP contribution in [0, 0.1) is 5.92 Å². The fraction of sp³-hybridized carbons (Fsp3) is 0.467. The Labute approximate surface area is 140 Å². The van der Waals surface area contributed by atoms with Crippen LogP contribution in [0.15, 0.2) is 29.2 Å². The van der Waals surface area contributed by atoms with Gasteiger partial charge in [0, 0.05) is 17.1 Å². The predicted molar refractivity (Wildman–Crippen MR) is 90.9 cm³/mol. The van der Waals surface area contributed by atoms with Crippen molar-refractivity contribution in [2.24, 2.45) is 5.92 Å². The number of carbonyl (C=O) groups excluding carboxylic acids is 1. The van der Waals surface area contributed by atoms with Crippen molar-refractivity contribution in [1.29, 1.82) is 0 Å². The summed E-state index contributed by atoms with van der Waals surface area (Å²) >= 11 is 1.62. The van der Waals surface area contributed by atoms with Crippen LogP contribution in [0.3, 0.4) is 0 Å². The smallest absolute Gasteiger partial charge is 0.307 e.